The van der Waals surface area contributed by atoms with Crippen molar-refractivity contribution in [3.63, 3.8) is 0 Å². The SMILES string of the molecule is N#CC(C(=O)c1csc(Br)c1)c1cccc(Br)c1. The van der Waals surface area contributed by atoms with Crippen LogP contribution >= 0.6 is 43.2 Å². The molecular formula is C13H7Br2NOS. The molecule has 0 radical (unpaired) electrons. The molecule has 5 heteroatoms. The van der Waals surface area contributed by atoms with Crippen molar-refractivity contribution >= 4 is 49.0 Å². The number of benzene rings is 1. The summed E-state index contributed by atoms with van der Waals surface area (Å²) in [5.74, 6) is -0.929. The summed E-state index contributed by atoms with van der Waals surface area (Å²) in [7, 11) is 0. The predicted octanol–water partition coefficient (Wildman–Crippen LogP) is 4.76. The first kappa shape index (κ1) is 13.5. The fraction of sp³-hybridized carbons (Fsp3) is 0.0769. The zero-order valence-corrected chi connectivity index (χ0v) is 13.0. The summed E-state index contributed by atoms with van der Waals surface area (Å²) in [6.45, 7) is 0. The van der Waals surface area contributed by atoms with Crippen molar-refractivity contribution in [3.8, 4) is 6.07 Å². The lowest BCUT2D eigenvalue weighted by Gasteiger charge is -2.07. The number of nitrogens with zero attached hydrogens (tertiary/aromatic N) is 1. The Kier molecular flexibility index (Phi) is 4.33. The van der Waals surface area contributed by atoms with Crippen LogP contribution in [0, 0.1) is 11.3 Å². The van der Waals surface area contributed by atoms with Gasteiger partial charge in [-0.3, -0.25) is 4.79 Å². The molecule has 18 heavy (non-hydrogen) atoms. The van der Waals surface area contributed by atoms with Gasteiger partial charge in [0, 0.05) is 15.4 Å². The number of Topliss-reactive ketones (excluding diaryl/α,β-unsaturated/α-hetero) is 1. The molecular weight excluding hydrogens is 378 g/mol. The number of hydrogen-bond donors (Lipinski definition) is 0. The van der Waals surface area contributed by atoms with Crippen LogP contribution in [0.2, 0.25) is 0 Å². The molecule has 0 amide bonds. The number of nitriles is 1. The standard InChI is InChI=1S/C13H7Br2NOS/c14-10-3-1-2-8(4-10)11(6-16)13(17)9-5-12(15)18-7-9/h1-5,7,11H. The van der Waals surface area contributed by atoms with Gasteiger partial charge in [-0.2, -0.15) is 5.26 Å². The fourth-order valence-electron chi connectivity index (χ4n) is 1.58. The molecule has 0 bridgehead atoms. The van der Waals surface area contributed by atoms with E-state index >= 15 is 0 Å². The highest BCUT2D eigenvalue weighted by Gasteiger charge is 2.22. The van der Waals surface area contributed by atoms with Gasteiger partial charge >= 0.3 is 0 Å². The van der Waals surface area contributed by atoms with Crippen molar-refractivity contribution in [2.45, 2.75) is 5.92 Å². The first-order valence-corrected chi connectivity index (χ1v) is 7.51. The van der Waals surface area contributed by atoms with Crippen LogP contribution in [0.1, 0.15) is 21.8 Å². The molecule has 2 nitrogen and oxygen atoms in total. The summed E-state index contributed by atoms with van der Waals surface area (Å²) >= 11 is 8.09. The Morgan fingerprint density at radius 2 is 2.11 bits per heavy atom. The normalized spacial score (nSPS) is 11.8. The quantitative estimate of drug-likeness (QED) is 0.715. The number of carbonyl (C=O) groups excluding carboxylic acids is 1. The Morgan fingerprint density at radius 1 is 1.33 bits per heavy atom. The molecule has 2 rings (SSSR count). The Morgan fingerprint density at radius 3 is 2.67 bits per heavy atom. The van der Waals surface area contributed by atoms with Crippen LogP contribution in [-0.2, 0) is 0 Å². The van der Waals surface area contributed by atoms with Gasteiger partial charge in [0.05, 0.1) is 9.86 Å². The molecule has 1 heterocycles. The predicted molar refractivity (Wildman–Crippen MR) is 78.8 cm³/mol. The zero-order chi connectivity index (χ0) is 13.1. The molecule has 0 saturated carbocycles. The van der Waals surface area contributed by atoms with E-state index in [1.165, 1.54) is 11.3 Å². The summed E-state index contributed by atoms with van der Waals surface area (Å²) in [4.78, 5) is 12.2. The van der Waals surface area contributed by atoms with E-state index < -0.39 is 5.92 Å². The average Bonchev–Trinajstić information content (AvgIpc) is 2.77. The van der Waals surface area contributed by atoms with Gasteiger partial charge in [0.1, 0.15) is 5.92 Å². The maximum atomic E-state index is 12.2. The second kappa shape index (κ2) is 5.79. The summed E-state index contributed by atoms with van der Waals surface area (Å²) in [5.41, 5.74) is 1.28. The molecule has 0 aliphatic heterocycles. The molecule has 0 N–H and O–H groups in total. The zero-order valence-electron chi connectivity index (χ0n) is 9.06. The monoisotopic (exact) mass is 383 g/mol. The number of rotatable bonds is 3. The van der Waals surface area contributed by atoms with Crippen LogP contribution in [0.25, 0.3) is 0 Å². The molecule has 0 fully saturated rings. The first-order chi connectivity index (χ1) is 8.61. The van der Waals surface area contributed by atoms with E-state index in [9.17, 15) is 10.1 Å². The lowest BCUT2D eigenvalue weighted by atomic mass is 9.93. The largest absolute Gasteiger partial charge is 0.292 e. The highest BCUT2D eigenvalue weighted by atomic mass is 79.9. The number of halogens is 2. The molecule has 90 valence electrons. The molecule has 1 aromatic heterocycles. The minimum absolute atomic E-state index is 0.169. The third kappa shape index (κ3) is 2.89. The van der Waals surface area contributed by atoms with Gasteiger partial charge in [-0.1, -0.05) is 28.1 Å². The van der Waals surface area contributed by atoms with Gasteiger partial charge in [-0.15, -0.1) is 11.3 Å². The van der Waals surface area contributed by atoms with Crippen LogP contribution in [-0.4, -0.2) is 5.78 Å². The first-order valence-electron chi connectivity index (χ1n) is 5.05. The summed E-state index contributed by atoms with van der Waals surface area (Å²) in [6, 6.07) is 11.1. The summed E-state index contributed by atoms with van der Waals surface area (Å²) in [6.07, 6.45) is 0. The highest BCUT2D eigenvalue weighted by molar-refractivity contribution is 9.11. The number of carbonyl (C=O) groups is 1. The molecule has 0 spiro atoms. The van der Waals surface area contributed by atoms with Crippen molar-refractivity contribution in [2.24, 2.45) is 0 Å². The topological polar surface area (TPSA) is 40.9 Å². The van der Waals surface area contributed by atoms with Crippen molar-refractivity contribution in [1.82, 2.24) is 0 Å². The maximum absolute atomic E-state index is 12.2. The molecule has 0 aliphatic carbocycles. The smallest absolute Gasteiger partial charge is 0.185 e. The number of ketones is 1. The van der Waals surface area contributed by atoms with Crippen LogP contribution in [0.3, 0.4) is 0 Å². The minimum Gasteiger partial charge on any atom is -0.292 e. The second-order valence-electron chi connectivity index (χ2n) is 3.62. The van der Waals surface area contributed by atoms with Crippen molar-refractivity contribution in [1.29, 1.82) is 5.26 Å². The molecule has 2 aromatic rings. The molecule has 0 aliphatic rings. The van der Waals surface area contributed by atoms with Gasteiger partial charge in [-0.25, -0.2) is 0 Å². The van der Waals surface area contributed by atoms with E-state index in [1.54, 1.807) is 23.6 Å². The van der Waals surface area contributed by atoms with Gasteiger partial charge in [0.25, 0.3) is 0 Å². The summed E-state index contributed by atoms with van der Waals surface area (Å²) < 4.78 is 1.75. The van der Waals surface area contributed by atoms with Crippen LogP contribution in [0.4, 0.5) is 0 Å². The fourth-order valence-corrected chi connectivity index (χ4v) is 3.14. The van der Waals surface area contributed by atoms with Gasteiger partial charge in [0.2, 0.25) is 0 Å². The Labute approximate surface area is 126 Å². The minimum atomic E-state index is -0.760. The molecule has 0 saturated heterocycles. The van der Waals surface area contributed by atoms with E-state index in [1.807, 2.05) is 12.1 Å². The number of thiophene rings is 1. The Hall–Kier alpha value is -0.960. The lowest BCUT2D eigenvalue weighted by molar-refractivity contribution is 0.0979. The van der Waals surface area contributed by atoms with Crippen LogP contribution in [0.5, 0.6) is 0 Å². The van der Waals surface area contributed by atoms with Gasteiger partial charge in [-0.05, 0) is 39.7 Å². The van der Waals surface area contributed by atoms with Crippen LogP contribution in [0.15, 0.2) is 44.0 Å². The van der Waals surface area contributed by atoms with Gasteiger partial charge in [0.15, 0.2) is 5.78 Å². The Bertz CT molecular complexity index is 630. The highest BCUT2D eigenvalue weighted by Crippen LogP contribution is 2.27. The maximum Gasteiger partial charge on any atom is 0.185 e. The van der Waals surface area contributed by atoms with E-state index in [0.29, 0.717) is 11.1 Å². The molecule has 1 aromatic carbocycles. The van der Waals surface area contributed by atoms with E-state index in [4.69, 9.17) is 0 Å². The van der Waals surface area contributed by atoms with Crippen molar-refractivity contribution < 1.29 is 4.79 Å². The van der Waals surface area contributed by atoms with Crippen molar-refractivity contribution in [3.05, 3.63) is 55.1 Å². The Balaban J connectivity index is 2.35. The summed E-state index contributed by atoms with van der Waals surface area (Å²) in [5, 5.41) is 11.0. The lowest BCUT2D eigenvalue weighted by Crippen LogP contribution is -2.10. The van der Waals surface area contributed by atoms with E-state index in [0.717, 1.165) is 8.26 Å². The van der Waals surface area contributed by atoms with E-state index in [2.05, 4.69) is 37.9 Å². The molecule has 1 atom stereocenters. The average molecular weight is 385 g/mol. The number of hydrogen-bond acceptors (Lipinski definition) is 3. The third-order valence-electron chi connectivity index (χ3n) is 2.43. The van der Waals surface area contributed by atoms with E-state index in [-0.39, 0.29) is 5.78 Å². The third-order valence-corrected chi connectivity index (χ3v) is 4.42. The van der Waals surface area contributed by atoms with Crippen molar-refractivity contribution in [2.75, 3.05) is 0 Å². The molecule has 1 unspecified atom stereocenters. The van der Waals surface area contributed by atoms with Gasteiger partial charge < -0.3 is 0 Å². The second-order valence-corrected chi connectivity index (χ2v) is 6.83. The van der Waals surface area contributed by atoms with Crippen LogP contribution < -0.4 is 0 Å².